The number of aromatic nitrogens is 2. The van der Waals surface area contributed by atoms with Gasteiger partial charge in [-0.1, -0.05) is 0 Å². The van der Waals surface area contributed by atoms with Gasteiger partial charge in [0, 0.05) is 12.3 Å². The molecule has 0 bridgehead atoms. The molecule has 0 fully saturated rings. The average Bonchev–Trinajstić information content (AvgIpc) is 2.28. The van der Waals surface area contributed by atoms with Crippen LogP contribution in [0.15, 0.2) is 41.4 Å². The Morgan fingerprint density at radius 3 is 2.33 bits per heavy atom. The number of anilines is 1. The van der Waals surface area contributed by atoms with Gasteiger partial charge >= 0.3 is 0 Å². The zero-order valence-electron chi connectivity index (χ0n) is 9.15. The summed E-state index contributed by atoms with van der Waals surface area (Å²) in [6, 6.07) is 7.16. The van der Waals surface area contributed by atoms with Gasteiger partial charge in [-0.15, -0.1) is 0 Å². The molecule has 18 heavy (non-hydrogen) atoms. The number of benzene rings is 1. The first-order valence-corrected chi connectivity index (χ1v) is 6.39. The predicted octanol–water partition coefficient (Wildman–Crippen LogP) is 0.499. The quantitative estimate of drug-likeness (QED) is 0.834. The Morgan fingerprint density at radius 2 is 1.78 bits per heavy atom. The van der Waals surface area contributed by atoms with Gasteiger partial charge in [0.05, 0.1) is 4.90 Å². The number of hydrogen-bond acceptors (Lipinski definition) is 6. The molecule has 8 heteroatoms. The van der Waals surface area contributed by atoms with E-state index in [-0.39, 0.29) is 16.7 Å². The van der Waals surface area contributed by atoms with Crippen molar-refractivity contribution in [1.82, 2.24) is 9.97 Å². The van der Waals surface area contributed by atoms with E-state index in [1.165, 1.54) is 36.5 Å². The molecule has 1 heterocycles. The lowest BCUT2D eigenvalue weighted by atomic mass is 10.3. The van der Waals surface area contributed by atoms with E-state index < -0.39 is 10.0 Å². The fourth-order valence-corrected chi connectivity index (χ4v) is 1.75. The van der Waals surface area contributed by atoms with Gasteiger partial charge in [0.1, 0.15) is 5.75 Å². The number of ether oxygens (including phenoxy) is 1. The van der Waals surface area contributed by atoms with E-state index in [2.05, 4.69) is 9.97 Å². The summed E-state index contributed by atoms with van der Waals surface area (Å²) >= 11 is 0. The molecule has 7 nitrogen and oxygen atoms in total. The Balaban J connectivity index is 2.21. The lowest BCUT2D eigenvalue weighted by Crippen LogP contribution is -2.11. The van der Waals surface area contributed by atoms with Crippen LogP contribution in [0.1, 0.15) is 0 Å². The SMILES string of the molecule is Nc1nccc(Oc2ccc(S(N)(=O)=O)cc2)n1. The van der Waals surface area contributed by atoms with Crippen molar-refractivity contribution in [3.05, 3.63) is 36.5 Å². The van der Waals surface area contributed by atoms with Crippen molar-refractivity contribution in [3.8, 4) is 11.6 Å². The summed E-state index contributed by atoms with van der Waals surface area (Å²) in [6.45, 7) is 0. The maximum absolute atomic E-state index is 11.0. The van der Waals surface area contributed by atoms with Gasteiger partial charge in [0.25, 0.3) is 0 Å². The van der Waals surface area contributed by atoms with E-state index >= 15 is 0 Å². The summed E-state index contributed by atoms with van der Waals surface area (Å²) in [6.07, 6.45) is 1.45. The fourth-order valence-electron chi connectivity index (χ4n) is 1.23. The molecule has 0 spiro atoms. The molecule has 0 radical (unpaired) electrons. The summed E-state index contributed by atoms with van der Waals surface area (Å²) in [5, 5.41) is 4.97. The van der Waals surface area contributed by atoms with E-state index in [1.807, 2.05) is 0 Å². The van der Waals surface area contributed by atoms with Crippen molar-refractivity contribution < 1.29 is 13.2 Å². The van der Waals surface area contributed by atoms with E-state index in [4.69, 9.17) is 15.6 Å². The minimum atomic E-state index is -3.70. The average molecular weight is 266 g/mol. The van der Waals surface area contributed by atoms with Crippen molar-refractivity contribution in [2.75, 3.05) is 5.73 Å². The molecule has 1 aromatic carbocycles. The first-order valence-electron chi connectivity index (χ1n) is 4.84. The zero-order chi connectivity index (χ0) is 13.2. The first kappa shape index (κ1) is 12.3. The van der Waals surface area contributed by atoms with Gasteiger partial charge in [-0.05, 0) is 24.3 Å². The van der Waals surface area contributed by atoms with Gasteiger partial charge in [-0.2, -0.15) is 4.98 Å². The number of nitrogens with two attached hydrogens (primary N) is 2. The highest BCUT2D eigenvalue weighted by molar-refractivity contribution is 7.89. The van der Waals surface area contributed by atoms with Crippen LogP contribution in [0.2, 0.25) is 0 Å². The third-order valence-electron chi connectivity index (χ3n) is 2.02. The maximum atomic E-state index is 11.0. The van der Waals surface area contributed by atoms with Crippen LogP contribution in [0.3, 0.4) is 0 Å². The molecule has 0 aliphatic carbocycles. The van der Waals surface area contributed by atoms with Crippen LogP contribution in [0.25, 0.3) is 0 Å². The molecule has 1 aromatic heterocycles. The van der Waals surface area contributed by atoms with Gasteiger partial charge in [0.15, 0.2) is 0 Å². The molecule has 94 valence electrons. The van der Waals surface area contributed by atoms with Crippen LogP contribution < -0.4 is 15.6 Å². The molecule has 0 saturated carbocycles. The highest BCUT2D eigenvalue weighted by Gasteiger charge is 2.07. The molecule has 0 aliphatic heterocycles. The molecule has 0 aliphatic rings. The van der Waals surface area contributed by atoms with Crippen LogP contribution in [-0.4, -0.2) is 18.4 Å². The summed E-state index contributed by atoms with van der Waals surface area (Å²) < 4.78 is 27.5. The molecule has 0 atom stereocenters. The van der Waals surface area contributed by atoms with E-state index in [9.17, 15) is 8.42 Å². The Morgan fingerprint density at radius 1 is 1.11 bits per heavy atom. The molecule has 2 rings (SSSR count). The molecular weight excluding hydrogens is 256 g/mol. The highest BCUT2D eigenvalue weighted by Crippen LogP contribution is 2.20. The lowest BCUT2D eigenvalue weighted by molar-refractivity contribution is 0.462. The third-order valence-corrected chi connectivity index (χ3v) is 2.95. The number of sulfonamides is 1. The van der Waals surface area contributed by atoms with E-state index in [0.717, 1.165) is 0 Å². The monoisotopic (exact) mass is 266 g/mol. The molecule has 4 N–H and O–H groups in total. The third kappa shape index (κ3) is 2.93. The van der Waals surface area contributed by atoms with Crippen LogP contribution >= 0.6 is 0 Å². The number of rotatable bonds is 3. The normalized spacial score (nSPS) is 11.2. The fraction of sp³-hybridized carbons (Fsp3) is 0. The van der Waals surface area contributed by atoms with Crippen molar-refractivity contribution in [2.45, 2.75) is 4.90 Å². The largest absolute Gasteiger partial charge is 0.439 e. The summed E-state index contributed by atoms with van der Waals surface area (Å²) in [5.74, 6) is 0.778. The summed E-state index contributed by atoms with van der Waals surface area (Å²) in [7, 11) is -3.70. The summed E-state index contributed by atoms with van der Waals surface area (Å²) in [5.41, 5.74) is 5.40. The van der Waals surface area contributed by atoms with Crippen LogP contribution in [0, 0.1) is 0 Å². The van der Waals surface area contributed by atoms with Gasteiger partial charge < -0.3 is 10.5 Å². The molecule has 0 saturated heterocycles. The first-order chi connectivity index (χ1) is 8.45. The minimum Gasteiger partial charge on any atom is -0.439 e. The minimum absolute atomic E-state index is 0.0112. The Labute approximate surface area is 103 Å². The standard InChI is InChI=1S/C10H10N4O3S/c11-10-13-6-5-9(14-10)17-7-1-3-8(4-2-7)18(12,15)16/h1-6H,(H2,11,13,14)(H2,12,15,16). The second-order valence-electron chi connectivity index (χ2n) is 3.37. The van der Waals surface area contributed by atoms with E-state index in [0.29, 0.717) is 5.75 Å². The Hall–Kier alpha value is -2.19. The van der Waals surface area contributed by atoms with Crippen LogP contribution in [0.4, 0.5) is 5.95 Å². The molecular formula is C10H10N4O3S. The maximum Gasteiger partial charge on any atom is 0.238 e. The number of hydrogen-bond donors (Lipinski definition) is 2. The number of nitrogen functional groups attached to an aromatic ring is 1. The van der Waals surface area contributed by atoms with Gasteiger partial charge in [-0.3, -0.25) is 0 Å². The van der Waals surface area contributed by atoms with Crippen molar-refractivity contribution in [1.29, 1.82) is 0 Å². The Bertz CT molecular complexity index is 655. The second kappa shape index (κ2) is 4.59. The number of nitrogens with zero attached hydrogens (tertiary/aromatic N) is 2. The van der Waals surface area contributed by atoms with Gasteiger partial charge in [0.2, 0.25) is 21.9 Å². The van der Waals surface area contributed by atoms with Crippen molar-refractivity contribution in [3.63, 3.8) is 0 Å². The van der Waals surface area contributed by atoms with Crippen molar-refractivity contribution >= 4 is 16.0 Å². The van der Waals surface area contributed by atoms with E-state index in [1.54, 1.807) is 0 Å². The Kier molecular flexibility index (Phi) is 3.13. The molecule has 0 unspecified atom stereocenters. The second-order valence-corrected chi connectivity index (χ2v) is 4.93. The van der Waals surface area contributed by atoms with Gasteiger partial charge in [-0.25, -0.2) is 18.5 Å². The topological polar surface area (TPSA) is 121 Å². The molecule has 0 amide bonds. The smallest absolute Gasteiger partial charge is 0.238 e. The zero-order valence-corrected chi connectivity index (χ0v) is 9.96. The molecule has 2 aromatic rings. The number of primary sulfonamides is 1. The lowest BCUT2D eigenvalue weighted by Gasteiger charge is -2.05. The van der Waals surface area contributed by atoms with Crippen molar-refractivity contribution in [2.24, 2.45) is 5.14 Å². The summed E-state index contributed by atoms with van der Waals surface area (Å²) in [4.78, 5) is 7.57. The van der Waals surface area contributed by atoms with Crippen LogP contribution in [-0.2, 0) is 10.0 Å². The van der Waals surface area contributed by atoms with Crippen LogP contribution in [0.5, 0.6) is 11.6 Å². The predicted molar refractivity (Wildman–Crippen MR) is 64.3 cm³/mol. The highest BCUT2D eigenvalue weighted by atomic mass is 32.2.